The average molecular weight is 198 g/mol. The van der Waals surface area contributed by atoms with Gasteiger partial charge < -0.3 is 0 Å². The van der Waals surface area contributed by atoms with Gasteiger partial charge in [-0.05, 0) is 30.1 Å². The highest BCUT2D eigenvalue weighted by Crippen LogP contribution is 2.29. The molecule has 0 N–H and O–H groups in total. The van der Waals surface area contributed by atoms with Crippen molar-refractivity contribution in [3.8, 4) is 0 Å². The summed E-state index contributed by atoms with van der Waals surface area (Å²) >= 11 is 0. The first kappa shape index (κ1) is 14.0. The van der Waals surface area contributed by atoms with Crippen molar-refractivity contribution in [2.24, 2.45) is 23.7 Å². The van der Waals surface area contributed by atoms with Gasteiger partial charge in [0.25, 0.3) is 0 Å². The topological polar surface area (TPSA) is 0 Å². The van der Waals surface area contributed by atoms with Crippen LogP contribution < -0.4 is 0 Å². The predicted octanol–water partition coefficient (Wildman–Crippen LogP) is 5.13. The molecule has 0 bridgehead atoms. The highest BCUT2D eigenvalue weighted by molar-refractivity contribution is 4.69. The van der Waals surface area contributed by atoms with E-state index in [2.05, 4.69) is 41.5 Å². The average Bonchev–Trinajstić information content (AvgIpc) is 2.16. The smallest absolute Gasteiger partial charge is 0.0391 e. The largest absolute Gasteiger partial charge is 0.0654 e. The van der Waals surface area contributed by atoms with Gasteiger partial charge in [0.05, 0.1) is 0 Å². The minimum Gasteiger partial charge on any atom is -0.0654 e. The van der Waals surface area contributed by atoms with Crippen molar-refractivity contribution < 1.29 is 0 Å². The van der Waals surface area contributed by atoms with Gasteiger partial charge in [-0.2, -0.15) is 0 Å². The highest BCUT2D eigenvalue weighted by atomic mass is 14.2. The minimum atomic E-state index is 0.893. The van der Waals surface area contributed by atoms with Crippen LogP contribution in [0.2, 0.25) is 0 Å². The Morgan fingerprint density at radius 3 is 1.86 bits per heavy atom. The maximum atomic E-state index is 2.44. The van der Waals surface area contributed by atoms with Crippen LogP contribution in [-0.4, -0.2) is 0 Å². The van der Waals surface area contributed by atoms with Crippen LogP contribution in [0.3, 0.4) is 0 Å². The molecular formula is C14H30. The molecule has 0 saturated heterocycles. The van der Waals surface area contributed by atoms with E-state index in [1.165, 1.54) is 25.7 Å². The van der Waals surface area contributed by atoms with E-state index < -0.39 is 0 Å². The van der Waals surface area contributed by atoms with Gasteiger partial charge in [0.2, 0.25) is 0 Å². The standard InChI is InChI=1S/C14H30/c1-7-9-12(4)14(6)13(5)10-11(3)8-2/h11-14H,7-10H2,1-6H3/t11?,12?,13?,14-/m0/s1. The molecule has 0 nitrogen and oxygen atoms in total. The molecule has 0 fully saturated rings. The van der Waals surface area contributed by atoms with Gasteiger partial charge in [-0.3, -0.25) is 0 Å². The summed E-state index contributed by atoms with van der Waals surface area (Å²) in [4.78, 5) is 0. The molecule has 0 radical (unpaired) electrons. The van der Waals surface area contributed by atoms with E-state index in [9.17, 15) is 0 Å². The molecule has 0 heterocycles. The summed E-state index contributed by atoms with van der Waals surface area (Å²) in [5.41, 5.74) is 0. The maximum absolute atomic E-state index is 2.44. The molecular weight excluding hydrogens is 168 g/mol. The Morgan fingerprint density at radius 1 is 0.857 bits per heavy atom. The summed E-state index contributed by atoms with van der Waals surface area (Å²) in [7, 11) is 0. The van der Waals surface area contributed by atoms with Crippen LogP contribution in [0.1, 0.15) is 67.2 Å². The lowest BCUT2D eigenvalue weighted by Crippen LogP contribution is -2.18. The minimum absolute atomic E-state index is 0.893. The van der Waals surface area contributed by atoms with Crippen molar-refractivity contribution in [2.75, 3.05) is 0 Å². The molecule has 0 aromatic heterocycles. The van der Waals surface area contributed by atoms with E-state index >= 15 is 0 Å². The van der Waals surface area contributed by atoms with E-state index in [1.807, 2.05) is 0 Å². The van der Waals surface area contributed by atoms with Crippen molar-refractivity contribution in [3.63, 3.8) is 0 Å². The van der Waals surface area contributed by atoms with Crippen molar-refractivity contribution in [2.45, 2.75) is 67.2 Å². The third-order valence-electron chi connectivity index (χ3n) is 4.01. The van der Waals surface area contributed by atoms with Gasteiger partial charge in [-0.15, -0.1) is 0 Å². The molecule has 0 amide bonds. The van der Waals surface area contributed by atoms with Crippen molar-refractivity contribution >= 4 is 0 Å². The quantitative estimate of drug-likeness (QED) is 0.532. The molecule has 0 spiro atoms. The molecule has 4 atom stereocenters. The zero-order valence-electron chi connectivity index (χ0n) is 11.1. The van der Waals surface area contributed by atoms with Gasteiger partial charge in [0.1, 0.15) is 0 Å². The molecule has 3 unspecified atom stereocenters. The number of rotatable bonds is 7. The molecule has 0 aliphatic rings. The second-order valence-corrected chi connectivity index (χ2v) is 5.35. The first-order valence-electron chi connectivity index (χ1n) is 6.52. The molecule has 0 aliphatic heterocycles. The second kappa shape index (κ2) is 7.31. The molecule has 0 rings (SSSR count). The summed E-state index contributed by atoms with van der Waals surface area (Å²) in [6.45, 7) is 14.3. The maximum Gasteiger partial charge on any atom is -0.0391 e. The van der Waals surface area contributed by atoms with E-state index in [0.29, 0.717) is 0 Å². The van der Waals surface area contributed by atoms with Crippen LogP contribution in [-0.2, 0) is 0 Å². The number of hydrogen-bond donors (Lipinski definition) is 0. The van der Waals surface area contributed by atoms with Crippen LogP contribution in [0.4, 0.5) is 0 Å². The summed E-state index contributed by atoms with van der Waals surface area (Å²) in [5.74, 6) is 3.59. The third kappa shape index (κ3) is 5.02. The van der Waals surface area contributed by atoms with Gasteiger partial charge in [0.15, 0.2) is 0 Å². The zero-order valence-corrected chi connectivity index (χ0v) is 11.1. The van der Waals surface area contributed by atoms with E-state index in [-0.39, 0.29) is 0 Å². The van der Waals surface area contributed by atoms with Gasteiger partial charge in [0, 0.05) is 0 Å². The molecule has 0 aliphatic carbocycles. The molecule has 0 aromatic rings. The summed E-state index contributed by atoms with van der Waals surface area (Å²) < 4.78 is 0. The fourth-order valence-electron chi connectivity index (χ4n) is 2.30. The fourth-order valence-corrected chi connectivity index (χ4v) is 2.30. The summed E-state index contributed by atoms with van der Waals surface area (Å²) in [6.07, 6.45) is 5.47. The monoisotopic (exact) mass is 198 g/mol. The van der Waals surface area contributed by atoms with Crippen molar-refractivity contribution in [1.82, 2.24) is 0 Å². The van der Waals surface area contributed by atoms with Crippen LogP contribution >= 0.6 is 0 Å². The Kier molecular flexibility index (Phi) is 7.31. The lowest BCUT2D eigenvalue weighted by atomic mass is 9.78. The van der Waals surface area contributed by atoms with E-state index in [4.69, 9.17) is 0 Å². The lowest BCUT2D eigenvalue weighted by molar-refractivity contribution is 0.228. The molecule has 0 saturated carbocycles. The van der Waals surface area contributed by atoms with Crippen molar-refractivity contribution in [3.05, 3.63) is 0 Å². The van der Waals surface area contributed by atoms with Gasteiger partial charge in [-0.25, -0.2) is 0 Å². The number of hydrogen-bond acceptors (Lipinski definition) is 0. The van der Waals surface area contributed by atoms with E-state index in [0.717, 1.165) is 23.7 Å². The van der Waals surface area contributed by atoms with Crippen LogP contribution in [0, 0.1) is 23.7 Å². The van der Waals surface area contributed by atoms with Crippen molar-refractivity contribution in [1.29, 1.82) is 0 Å². The van der Waals surface area contributed by atoms with Gasteiger partial charge in [-0.1, -0.05) is 60.8 Å². The highest BCUT2D eigenvalue weighted by Gasteiger charge is 2.19. The molecule has 0 aromatic carbocycles. The Labute approximate surface area is 91.5 Å². The Bertz CT molecular complexity index is 128. The normalized spacial score (nSPS) is 20.1. The predicted molar refractivity (Wildman–Crippen MR) is 66.5 cm³/mol. The van der Waals surface area contributed by atoms with Crippen LogP contribution in [0.15, 0.2) is 0 Å². The SMILES string of the molecule is CCCC(C)[C@H](C)C(C)CC(C)CC. The van der Waals surface area contributed by atoms with E-state index in [1.54, 1.807) is 0 Å². The van der Waals surface area contributed by atoms with Gasteiger partial charge >= 0.3 is 0 Å². The molecule has 14 heavy (non-hydrogen) atoms. The Balaban J connectivity index is 3.90. The Morgan fingerprint density at radius 2 is 1.43 bits per heavy atom. The van der Waals surface area contributed by atoms with Crippen LogP contribution in [0.25, 0.3) is 0 Å². The zero-order chi connectivity index (χ0) is 11.1. The first-order valence-corrected chi connectivity index (χ1v) is 6.52. The first-order chi connectivity index (χ1) is 6.52. The molecule has 86 valence electrons. The fraction of sp³-hybridized carbons (Fsp3) is 1.00. The van der Waals surface area contributed by atoms with Crippen LogP contribution in [0.5, 0.6) is 0 Å². The third-order valence-corrected chi connectivity index (χ3v) is 4.01. The molecule has 0 heteroatoms. The summed E-state index contributed by atoms with van der Waals surface area (Å²) in [6, 6.07) is 0. The second-order valence-electron chi connectivity index (χ2n) is 5.35. The Hall–Kier alpha value is 0. The summed E-state index contributed by atoms with van der Waals surface area (Å²) in [5, 5.41) is 0. The lowest BCUT2D eigenvalue weighted by Gasteiger charge is -2.27.